The third-order valence-electron chi connectivity index (χ3n) is 2.57. The Balaban J connectivity index is 2.07. The Morgan fingerprint density at radius 3 is 3.00 bits per heavy atom. The first-order chi connectivity index (χ1) is 8.76. The van der Waals surface area contributed by atoms with Crippen molar-refractivity contribution in [2.45, 2.75) is 6.42 Å². The van der Waals surface area contributed by atoms with Crippen molar-refractivity contribution in [3.63, 3.8) is 0 Å². The Morgan fingerprint density at radius 2 is 2.17 bits per heavy atom. The van der Waals surface area contributed by atoms with Gasteiger partial charge in [-0.15, -0.1) is 11.3 Å². The van der Waals surface area contributed by atoms with Gasteiger partial charge in [-0.25, -0.2) is 9.78 Å². The molecule has 0 amide bonds. The van der Waals surface area contributed by atoms with Crippen molar-refractivity contribution < 1.29 is 0 Å². The maximum Gasteiger partial charge on any atom is 0.323 e. The fourth-order valence-corrected chi connectivity index (χ4v) is 2.58. The number of aromatic nitrogens is 3. The van der Waals surface area contributed by atoms with E-state index in [9.17, 15) is 4.79 Å². The zero-order chi connectivity index (χ0) is 12.5. The SMILES string of the molecule is N#CCc1csc(-c2ccc3[nH]c(=O)[nH]c3c2)n1. The predicted octanol–water partition coefficient (Wildman–Crippen LogP) is 2.05. The van der Waals surface area contributed by atoms with E-state index in [1.165, 1.54) is 11.3 Å². The average molecular weight is 256 g/mol. The molecule has 2 aromatic heterocycles. The first-order valence-electron chi connectivity index (χ1n) is 5.30. The Morgan fingerprint density at radius 1 is 1.33 bits per heavy atom. The van der Waals surface area contributed by atoms with Crippen LogP contribution in [0.15, 0.2) is 28.4 Å². The predicted molar refractivity (Wildman–Crippen MR) is 69.3 cm³/mol. The van der Waals surface area contributed by atoms with E-state index in [1.54, 1.807) is 0 Å². The van der Waals surface area contributed by atoms with Crippen LogP contribution in [0.2, 0.25) is 0 Å². The van der Waals surface area contributed by atoms with Gasteiger partial charge in [-0.1, -0.05) is 0 Å². The van der Waals surface area contributed by atoms with Crippen molar-refractivity contribution in [3.05, 3.63) is 39.8 Å². The summed E-state index contributed by atoms with van der Waals surface area (Å²) in [5.41, 5.74) is 3.03. The van der Waals surface area contributed by atoms with Gasteiger partial charge in [0.1, 0.15) is 5.01 Å². The minimum atomic E-state index is -0.216. The van der Waals surface area contributed by atoms with Crippen molar-refractivity contribution in [1.29, 1.82) is 5.26 Å². The molecule has 0 aliphatic carbocycles. The molecule has 0 saturated carbocycles. The minimum absolute atomic E-state index is 0.216. The molecule has 1 aromatic carbocycles. The molecular formula is C12H8N4OS. The van der Waals surface area contributed by atoms with E-state index < -0.39 is 0 Å². The van der Waals surface area contributed by atoms with Crippen LogP contribution in [0.3, 0.4) is 0 Å². The van der Waals surface area contributed by atoms with Crippen LogP contribution in [0.25, 0.3) is 21.6 Å². The van der Waals surface area contributed by atoms with Crippen LogP contribution in [-0.2, 0) is 6.42 Å². The molecule has 5 nitrogen and oxygen atoms in total. The van der Waals surface area contributed by atoms with Crippen LogP contribution in [0, 0.1) is 11.3 Å². The summed E-state index contributed by atoms with van der Waals surface area (Å²) in [7, 11) is 0. The molecule has 0 fully saturated rings. The van der Waals surface area contributed by atoms with Gasteiger partial charge in [-0.05, 0) is 18.2 Å². The van der Waals surface area contributed by atoms with Crippen LogP contribution in [0.5, 0.6) is 0 Å². The molecule has 3 rings (SSSR count). The largest absolute Gasteiger partial charge is 0.323 e. The number of nitriles is 1. The Bertz CT molecular complexity index is 805. The summed E-state index contributed by atoms with van der Waals surface area (Å²) in [6, 6.07) is 7.70. The van der Waals surface area contributed by atoms with Crippen LogP contribution in [-0.4, -0.2) is 15.0 Å². The number of H-pyrrole nitrogens is 2. The zero-order valence-electron chi connectivity index (χ0n) is 9.23. The minimum Gasteiger partial charge on any atom is -0.306 e. The van der Waals surface area contributed by atoms with Crippen molar-refractivity contribution in [1.82, 2.24) is 15.0 Å². The zero-order valence-corrected chi connectivity index (χ0v) is 10.0. The first kappa shape index (κ1) is 10.7. The van der Waals surface area contributed by atoms with Gasteiger partial charge in [0.25, 0.3) is 0 Å². The van der Waals surface area contributed by atoms with Crippen LogP contribution >= 0.6 is 11.3 Å². The van der Waals surface area contributed by atoms with E-state index in [-0.39, 0.29) is 5.69 Å². The molecule has 0 unspecified atom stereocenters. The molecule has 0 spiro atoms. The normalized spacial score (nSPS) is 10.6. The van der Waals surface area contributed by atoms with E-state index in [2.05, 4.69) is 21.0 Å². The Kier molecular flexibility index (Phi) is 2.46. The van der Waals surface area contributed by atoms with Crippen molar-refractivity contribution >= 4 is 22.4 Å². The Hall–Kier alpha value is -2.39. The highest BCUT2D eigenvalue weighted by Gasteiger charge is 2.06. The summed E-state index contributed by atoms with van der Waals surface area (Å²) in [6.45, 7) is 0. The molecule has 3 aromatic rings. The maximum absolute atomic E-state index is 11.2. The summed E-state index contributed by atoms with van der Waals surface area (Å²) in [5, 5.41) is 11.3. The van der Waals surface area contributed by atoms with Gasteiger partial charge < -0.3 is 9.97 Å². The number of aromatic amines is 2. The van der Waals surface area contributed by atoms with Gasteiger partial charge in [0.15, 0.2) is 0 Å². The molecule has 0 atom stereocenters. The molecule has 18 heavy (non-hydrogen) atoms. The van der Waals surface area contributed by atoms with Gasteiger partial charge in [0, 0.05) is 10.9 Å². The lowest BCUT2D eigenvalue weighted by Gasteiger charge is -1.95. The number of nitrogens with zero attached hydrogens (tertiary/aromatic N) is 2. The number of benzene rings is 1. The molecular weight excluding hydrogens is 248 g/mol. The molecule has 0 bridgehead atoms. The molecule has 2 N–H and O–H groups in total. The van der Waals surface area contributed by atoms with Gasteiger partial charge in [0.05, 0.1) is 29.2 Å². The third kappa shape index (κ3) is 1.81. The lowest BCUT2D eigenvalue weighted by atomic mass is 10.2. The van der Waals surface area contributed by atoms with E-state index >= 15 is 0 Å². The third-order valence-corrected chi connectivity index (χ3v) is 3.52. The number of imidazole rings is 1. The highest BCUT2D eigenvalue weighted by atomic mass is 32.1. The van der Waals surface area contributed by atoms with Crippen LogP contribution in [0.4, 0.5) is 0 Å². The van der Waals surface area contributed by atoms with Gasteiger partial charge in [-0.3, -0.25) is 0 Å². The van der Waals surface area contributed by atoms with Crippen LogP contribution < -0.4 is 5.69 Å². The summed E-state index contributed by atoms with van der Waals surface area (Å²) < 4.78 is 0. The second kappa shape index (κ2) is 4.13. The second-order valence-corrected chi connectivity index (χ2v) is 4.68. The Labute approximate surface area is 106 Å². The van der Waals surface area contributed by atoms with Gasteiger partial charge in [0.2, 0.25) is 0 Å². The molecule has 88 valence electrons. The summed E-state index contributed by atoms with van der Waals surface area (Å²) in [5.74, 6) is 0. The standard InChI is InChI=1S/C12H8N4OS/c13-4-3-8-6-18-11(14-8)7-1-2-9-10(5-7)16-12(17)15-9/h1-2,5-6H,3H2,(H2,15,16,17). The number of hydrogen-bond donors (Lipinski definition) is 2. The highest BCUT2D eigenvalue weighted by Crippen LogP contribution is 2.25. The quantitative estimate of drug-likeness (QED) is 0.735. The van der Waals surface area contributed by atoms with Gasteiger partial charge in [-0.2, -0.15) is 5.26 Å². The number of nitrogens with one attached hydrogen (secondary N) is 2. The van der Waals surface area contributed by atoms with E-state index in [0.717, 1.165) is 27.3 Å². The second-order valence-electron chi connectivity index (χ2n) is 3.82. The highest BCUT2D eigenvalue weighted by molar-refractivity contribution is 7.13. The number of rotatable bonds is 2. The number of hydrogen-bond acceptors (Lipinski definition) is 4. The molecule has 0 aliphatic heterocycles. The van der Waals surface area contributed by atoms with Crippen molar-refractivity contribution in [3.8, 4) is 16.6 Å². The summed E-state index contributed by atoms with van der Waals surface area (Å²) in [4.78, 5) is 20.9. The average Bonchev–Trinajstić information content (AvgIpc) is 2.93. The molecule has 2 heterocycles. The molecule has 6 heteroatoms. The van der Waals surface area contributed by atoms with Crippen molar-refractivity contribution in [2.24, 2.45) is 0 Å². The molecule has 0 radical (unpaired) electrons. The summed E-state index contributed by atoms with van der Waals surface area (Å²) in [6.07, 6.45) is 0.319. The lowest BCUT2D eigenvalue weighted by Crippen LogP contribution is -1.99. The lowest BCUT2D eigenvalue weighted by molar-refractivity contribution is 1.16. The fourth-order valence-electron chi connectivity index (χ4n) is 1.77. The summed E-state index contributed by atoms with van der Waals surface area (Å²) >= 11 is 1.49. The first-order valence-corrected chi connectivity index (χ1v) is 6.18. The van der Waals surface area contributed by atoms with Crippen LogP contribution in [0.1, 0.15) is 5.69 Å². The molecule has 0 aliphatic rings. The monoisotopic (exact) mass is 256 g/mol. The number of fused-ring (bicyclic) bond motifs is 1. The van der Waals surface area contributed by atoms with Crippen molar-refractivity contribution in [2.75, 3.05) is 0 Å². The fraction of sp³-hybridized carbons (Fsp3) is 0.0833. The van der Waals surface area contributed by atoms with Gasteiger partial charge >= 0.3 is 5.69 Å². The van der Waals surface area contributed by atoms with E-state index in [0.29, 0.717) is 6.42 Å². The van der Waals surface area contributed by atoms with E-state index in [4.69, 9.17) is 5.26 Å². The maximum atomic E-state index is 11.2. The molecule has 0 saturated heterocycles. The van der Waals surface area contributed by atoms with E-state index in [1.807, 2.05) is 23.6 Å². The topological polar surface area (TPSA) is 85.3 Å². The number of thiazole rings is 1. The smallest absolute Gasteiger partial charge is 0.306 e.